The normalized spacial score (nSPS) is 13.3. The van der Waals surface area contributed by atoms with E-state index in [1.54, 1.807) is 12.4 Å². The molecule has 1 heterocycles. The minimum Gasteiger partial charge on any atom is -0.241 e. The van der Waals surface area contributed by atoms with Crippen molar-refractivity contribution >= 4 is 15.9 Å². The Morgan fingerprint density at radius 1 is 1.33 bits per heavy atom. The van der Waals surface area contributed by atoms with E-state index < -0.39 is 0 Å². The third-order valence-electron chi connectivity index (χ3n) is 1.72. The van der Waals surface area contributed by atoms with Crippen LogP contribution in [-0.2, 0) is 6.42 Å². The molecule has 1 atom stereocenters. The van der Waals surface area contributed by atoms with Crippen LogP contribution in [0.15, 0.2) is 18.5 Å². The van der Waals surface area contributed by atoms with Crippen LogP contribution in [-0.4, -0.2) is 14.8 Å². The molecular weight excluding hydrogens is 216 g/mol. The summed E-state index contributed by atoms with van der Waals surface area (Å²) >= 11 is 3.60. The predicted octanol–water partition coefficient (Wildman–Crippen LogP) is 2.44. The largest absolute Gasteiger partial charge is 0.241 e. The number of rotatable bonds is 3. The van der Waals surface area contributed by atoms with E-state index >= 15 is 0 Å². The van der Waals surface area contributed by atoms with Gasteiger partial charge in [-0.3, -0.25) is 0 Å². The lowest BCUT2D eigenvalue weighted by molar-refractivity contribution is 0.600. The first-order valence-electron chi connectivity index (χ1n) is 4.10. The average Bonchev–Trinajstić information content (AvgIpc) is 2.06. The van der Waals surface area contributed by atoms with E-state index in [1.807, 2.05) is 6.07 Å². The summed E-state index contributed by atoms with van der Waals surface area (Å²) in [6, 6.07) is 1.84. The number of halogens is 1. The van der Waals surface area contributed by atoms with Gasteiger partial charge in [0.05, 0.1) is 0 Å². The Morgan fingerprint density at radius 2 is 1.92 bits per heavy atom. The molecule has 0 spiro atoms. The van der Waals surface area contributed by atoms with Crippen LogP contribution in [0.3, 0.4) is 0 Å². The van der Waals surface area contributed by atoms with Crippen molar-refractivity contribution in [1.82, 2.24) is 9.97 Å². The number of hydrogen-bond acceptors (Lipinski definition) is 2. The van der Waals surface area contributed by atoms with Gasteiger partial charge >= 0.3 is 0 Å². The first-order valence-corrected chi connectivity index (χ1v) is 5.01. The second-order valence-corrected chi connectivity index (χ2v) is 4.31. The molecule has 0 aliphatic carbocycles. The highest BCUT2D eigenvalue weighted by atomic mass is 79.9. The molecule has 0 saturated heterocycles. The molecule has 2 nitrogen and oxygen atoms in total. The fraction of sp³-hybridized carbons (Fsp3) is 0.556. The standard InChI is InChI=1S/C9H13BrN2/c1-7(2)8(10)6-9-11-4-3-5-12-9/h3-5,7-8H,6H2,1-2H3. The molecule has 0 aliphatic rings. The van der Waals surface area contributed by atoms with Crippen molar-refractivity contribution in [1.29, 1.82) is 0 Å². The van der Waals surface area contributed by atoms with Gasteiger partial charge < -0.3 is 0 Å². The van der Waals surface area contributed by atoms with Crippen LogP contribution in [0.2, 0.25) is 0 Å². The fourth-order valence-corrected chi connectivity index (χ4v) is 1.14. The van der Waals surface area contributed by atoms with Crippen LogP contribution in [0.4, 0.5) is 0 Å². The molecular formula is C9H13BrN2. The first-order chi connectivity index (χ1) is 5.70. The molecule has 0 N–H and O–H groups in total. The van der Waals surface area contributed by atoms with Gasteiger partial charge in [0.1, 0.15) is 5.82 Å². The van der Waals surface area contributed by atoms with Gasteiger partial charge in [0, 0.05) is 23.6 Å². The van der Waals surface area contributed by atoms with Crippen LogP contribution < -0.4 is 0 Å². The van der Waals surface area contributed by atoms with Crippen LogP contribution in [0, 0.1) is 5.92 Å². The van der Waals surface area contributed by atoms with Gasteiger partial charge in [0.2, 0.25) is 0 Å². The smallest absolute Gasteiger partial charge is 0.129 e. The third-order valence-corrected chi connectivity index (χ3v) is 3.10. The van der Waals surface area contributed by atoms with Crippen LogP contribution in [0.5, 0.6) is 0 Å². The summed E-state index contributed by atoms with van der Waals surface area (Å²) in [4.78, 5) is 8.79. The lowest BCUT2D eigenvalue weighted by Crippen LogP contribution is -2.12. The molecule has 66 valence electrons. The Bertz CT molecular complexity index is 223. The second-order valence-electron chi connectivity index (χ2n) is 3.13. The van der Waals surface area contributed by atoms with E-state index in [2.05, 4.69) is 39.7 Å². The Labute approximate surface area is 81.6 Å². The SMILES string of the molecule is CC(C)C(Br)Cc1ncccn1. The zero-order valence-corrected chi connectivity index (χ0v) is 8.95. The van der Waals surface area contributed by atoms with Crippen molar-refractivity contribution in [2.24, 2.45) is 5.92 Å². The summed E-state index contributed by atoms with van der Waals surface area (Å²) in [5.41, 5.74) is 0. The lowest BCUT2D eigenvalue weighted by atomic mass is 10.1. The third kappa shape index (κ3) is 2.89. The van der Waals surface area contributed by atoms with Crippen molar-refractivity contribution < 1.29 is 0 Å². The number of hydrogen-bond donors (Lipinski definition) is 0. The van der Waals surface area contributed by atoms with Gasteiger partial charge in [0.25, 0.3) is 0 Å². The molecule has 0 amide bonds. The molecule has 0 bridgehead atoms. The maximum atomic E-state index is 4.16. The van der Waals surface area contributed by atoms with Gasteiger partial charge in [0.15, 0.2) is 0 Å². The summed E-state index contributed by atoms with van der Waals surface area (Å²) < 4.78 is 0. The minimum atomic E-state index is 0.472. The predicted molar refractivity (Wildman–Crippen MR) is 53.3 cm³/mol. The maximum absolute atomic E-state index is 4.16. The average molecular weight is 229 g/mol. The fourth-order valence-electron chi connectivity index (χ4n) is 0.845. The topological polar surface area (TPSA) is 25.8 Å². The van der Waals surface area contributed by atoms with Gasteiger partial charge in [-0.1, -0.05) is 29.8 Å². The highest BCUT2D eigenvalue weighted by Gasteiger charge is 2.10. The van der Waals surface area contributed by atoms with E-state index in [1.165, 1.54) is 0 Å². The molecule has 1 unspecified atom stereocenters. The Morgan fingerprint density at radius 3 is 2.42 bits per heavy atom. The van der Waals surface area contributed by atoms with E-state index in [0.29, 0.717) is 10.7 Å². The molecule has 0 saturated carbocycles. The molecule has 0 fully saturated rings. The Hall–Kier alpha value is -0.440. The van der Waals surface area contributed by atoms with E-state index in [-0.39, 0.29) is 0 Å². The van der Waals surface area contributed by atoms with Crippen molar-refractivity contribution in [3.8, 4) is 0 Å². The molecule has 12 heavy (non-hydrogen) atoms. The molecule has 1 rings (SSSR count). The Balaban J connectivity index is 2.53. The van der Waals surface area contributed by atoms with Crippen molar-refractivity contribution in [3.63, 3.8) is 0 Å². The van der Waals surface area contributed by atoms with Gasteiger partial charge in [-0.05, 0) is 12.0 Å². The number of nitrogens with zero attached hydrogens (tertiary/aromatic N) is 2. The lowest BCUT2D eigenvalue weighted by Gasteiger charge is -2.11. The zero-order chi connectivity index (χ0) is 8.97. The van der Waals surface area contributed by atoms with E-state index in [4.69, 9.17) is 0 Å². The second kappa shape index (κ2) is 4.55. The molecule has 3 heteroatoms. The zero-order valence-electron chi connectivity index (χ0n) is 7.37. The highest BCUT2D eigenvalue weighted by Crippen LogP contribution is 2.15. The van der Waals surface area contributed by atoms with E-state index in [9.17, 15) is 0 Å². The van der Waals surface area contributed by atoms with E-state index in [0.717, 1.165) is 12.2 Å². The molecule has 1 aromatic heterocycles. The highest BCUT2D eigenvalue weighted by molar-refractivity contribution is 9.09. The summed E-state index contributed by atoms with van der Waals surface area (Å²) in [6.07, 6.45) is 4.46. The number of aromatic nitrogens is 2. The van der Waals surface area contributed by atoms with Crippen LogP contribution >= 0.6 is 15.9 Å². The van der Waals surface area contributed by atoms with Crippen LogP contribution in [0.1, 0.15) is 19.7 Å². The van der Waals surface area contributed by atoms with Crippen LogP contribution in [0.25, 0.3) is 0 Å². The summed E-state index contributed by atoms with van der Waals surface area (Å²) in [5.74, 6) is 1.53. The minimum absolute atomic E-state index is 0.472. The summed E-state index contributed by atoms with van der Waals surface area (Å²) in [6.45, 7) is 4.37. The summed E-state index contributed by atoms with van der Waals surface area (Å²) in [7, 11) is 0. The Kier molecular flexibility index (Phi) is 3.66. The van der Waals surface area contributed by atoms with Crippen molar-refractivity contribution in [2.75, 3.05) is 0 Å². The van der Waals surface area contributed by atoms with Gasteiger partial charge in [-0.15, -0.1) is 0 Å². The van der Waals surface area contributed by atoms with Crippen molar-refractivity contribution in [2.45, 2.75) is 25.1 Å². The molecule has 0 aromatic carbocycles. The monoisotopic (exact) mass is 228 g/mol. The quantitative estimate of drug-likeness (QED) is 0.744. The molecule has 1 aromatic rings. The maximum Gasteiger partial charge on any atom is 0.129 e. The first kappa shape index (κ1) is 9.65. The van der Waals surface area contributed by atoms with Gasteiger partial charge in [-0.2, -0.15) is 0 Å². The summed E-state index contributed by atoms with van der Waals surface area (Å²) in [5, 5.41) is 0. The molecule has 0 radical (unpaired) electrons. The molecule has 0 aliphatic heterocycles. The number of alkyl halides is 1. The van der Waals surface area contributed by atoms with Gasteiger partial charge in [-0.25, -0.2) is 9.97 Å². The van der Waals surface area contributed by atoms with Crippen molar-refractivity contribution in [3.05, 3.63) is 24.3 Å².